The van der Waals surface area contributed by atoms with Crippen molar-refractivity contribution in [3.05, 3.63) is 42.5 Å². The zero-order valence-electron chi connectivity index (χ0n) is 9.67. The first kappa shape index (κ1) is 15.3. The first-order valence-electron chi connectivity index (χ1n) is 4.65. The highest BCUT2D eigenvalue weighted by Gasteiger charge is 2.32. The van der Waals surface area contributed by atoms with Crippen molar-refractivity contribution in [2.75, 3.05) is 7.11 Å². The van der Waals surface area contributed by atoms with E-state index in [9.17, 15) is 35.1 Å². The lowest BCUT2D eigenvalue weighted by atomic mass is 10.2. The molecule has 0 aromatic heterocycles. The van der Waals surface area contributed by atoms with E-state index in [1.807, 2.05) is 0 Å². The van der Waals surface area contributed by atoms with E-state index in [-0.39, 0.29) is 11.8 Å². The largest absolute Gasteiger partial charge is 0.461 e. The molecule has 1 rings (SSSR count). The highest BCUT2D eigenvalue weighted by molar-refractivity contribution is 8.13. The van der Waals surface area contributed by atoms with E-state index >= 15 is 0 Å². The van der Waals surface area contributed by atoms with E-state index in [1.165, 1.54) is 0 Å². The van der Waals surface area contributed by atoms with Crippen LogP contribution < -0.4 is 0 Å². The summed E-state index contributed by atoms with van der Waals surface area (Å²) >= 11 is 0.107. The molecule has 12 heteroatoms. The Morgan fingerprint density at radius 3 is 1.80 bits per heavy atom. The Hall–Kier alpha value is -2.76. The van der Waals surface area contributed by atoms with Crippen LogP contribution in [-0.4, -0.2) is 27.2 Å². The number of hydrogen-bond donors (Lipinski definition) is 0. The Morgan fingerprint density at radius 2 is 1.50 bits per heavy atom. The van der Waals surface area contributed by atoms with Crippen molar-refractivity contribution in [2.45, 2.75) is 4.90 Å². The normalized spacial score (nSPS) is 9.85. The maximum atomic E-state index is 11.1. The van der Waals surface area contributed by atoms with Crippen LogP contribution in [0.25, 0.3) is 0 Å². The fourth-order valence-corrected chi connectivity index (χ4v) is 1.92. The topological polar surface area (TPSA) is 156 Å². The molecule has 0 atom stereocenters. The van der Waals surface area contributed by atoms with Crippen molar-refractivity contribution in [2.24, 2.45) is 0 Å². The van der Waals surface area contributed by atoms with Gasteiger partial charge in [-0.1, -0.05) is 0 Å². The van der Waals surface area contributed by atoms with Crippen molar-refractivity contribution < 1.29 is 24.3 Å². The molecule has 0 unspecified atom stereocenters. The third-order valence-corrected chi connectivity index (χ3v) is 2.95. The minimum Gasteiger partial charge on any atom is -0.461 e. The van der Waals surface area contributed by atoms with Crippen LogP contribution in [0.4, 0.5) is 21.9 Å². The average Bonchev–Trinajstić information content (AvgIpc) is 2.37. The summed E-state index contributed by atoms with van der Waals surface area (Å²) < 4.78 is 4.25. The third-order valence-electron chi connectivity index (χ3n) is 1.99. The number of benzene rings is 1. The average molecular weight is 303 g/mol. The number of carbonyl (C=O) groups is 1. The van der Waals surface area contributed by atoms with Crippen LogP contribution in [0, 0.1) is 30.3 Å². The first-order chi connectivity index (χ1) is 9.27. The minimum atomic E-state index is -1.05. The number of nitrogens with zero attached hydrogens (tertiary/aromatic N) is 3. The van der Waals surface area contributed by atoms with Gasteiger partial charge in [0.2, 0.25) is 0 Å². The zero-order valence-corrected chi connectivity index (χ0v) is 10.5. The van der Waals surface area contributed by atoms with E-state index in [2.05, 4.69) is 4.74 Å². The van der Waals surface area contributed by atoms with Crippen LogP contribution in [-0.2, 0) is 4.74 Å². The number of carbonyl (C=O) groups excluding carboxylic acids is 1. The minimum absolute atomic E-state index is 0.107. The Labute approximate surface area is 114 Å². The van der Waals surface area contributed by atoms with Gasteiger partial charge in [-0.25, -0.2) is 4.79 Å². The standard InChI is InChI=1S/C8H5N3O8S/c1-19-8(12)20-7-5(10(15)16)2-4(9(13)14)3-6(7)11(17)18/h2-3H,1H3. The zero-order chi connectivity index (χ0) is 15.4. The Kier molecular flexibility index (Phi) is 4.53. The molecular formula is C8H5N3O8S. The highest BCUT2D eigenvalue weighted by atomic mass is 32.2. The number of hydrogen-bond acceptors (Lipinski definition) is 9. The molecule has 0 radical (unpaired) electrons. The van der Waals surface area contributed by atoms with Gasteiger partial charge in [0.1, 0.15) is 0 Å². The maximum Gasteiger partial charge on any atom is 0.372 e. The fourth-order valence-electron chi connectivity index (χ4n) is 1.19. The van der Waals surface area contributed by atoms with Crippen molar-refractivity contribution in [1.82, 2.24) is 0 Å². The molecule has 0 spiro atoms. The molecule has 0 aliphatic heterocycles. The van der Waals surface area contributed by atoms with Gasteiger partial charge in [-0.3, -0.25) is 30.3 Å². The summed E-state index contributed by atoms with van der Waals surface area (Å²) in [4.78, 5) is 39.7. The van der Waals surface area contributed by atoms with Gasteiger partial charge in [-0.15, -0.1) is 0 Å². The molecule has 0 aliphatic rings. The van der Waals surface area contributed by atoms with E-state index in [1.54, 1.807) is 0 Å². The van der Waals surface area contributed by atoms with Crippen LogP contribution in [0.2, 0.25) is 0 Å². The number of rotatable bonds is 4. The monoisotopic (exact) mass is 303 g/mol. The van der Waals surface area contributed by atoms with Gasteiger partial charge in [0, 0.05) is 11.8 Å². The molecule has 0 N–H and O–H groups in total. The van der Waals surface area contributed by atoms with Gasteiger partial charge in [-0.05, 0) is 0 Å². The number of nitro benzene ring substituents is 3. The molecule has 0 saturated carbocycles. The molecule has 0 amide bonds. The van der Waals surface area contributed by atoms with Gasteiger partial charge >= 0.3 is 5.30 Å². The second kappa shape index (κ2) is 5.92. The molecule has 11 nitrogen and oxygen atoms in total. The lowest BCUT2D eigenvalue weighted by Crippen LogP contribution is -2.01. The summed E-state index contributed by atoms with van der Waals surface area (Å²) in [7, 11) is 0.985. The predicted molar refractivity (Wildman–Crippen MR) is 64.7 cm³/mol. The molecule has 0 heterocycles. The molecular weight excluding hydrogens is 298 g/mol. The van der Waals surface area contributed by atoms with Gasteiger partial charge in [0.05, 0.1) is 34.0 Å². The van der Waals surface area contributed by atoms with Crippen LogP contribution >= 0.6 is 11.8 Å². The lowest BCUT2D eigenvalue weighted by Gasteiger charge is -2.02. The molecule has 106 valence electrons. The van der Waals surface area contributed by atoms with Gasteiger partial charge < -0.3 is 4.74 Å². The predicted octanol–water partition coefficient (Wildman–Crippen LogP) is 2.27. The third kappa shape index (κ3) is 3.17. The summed E-state index contributed by atoms with van der Waals surface area (Å²) in [6, 6.07) is 1.08. The van der Waals surface area contributed by atoms with Crippen LogP contribution in [0.3, 0.4) is 0 Å². The van der Waals surface area contributed by atoms with Crippen molar-refractivity contribution in [3.63, 3.8) is 0 Å². The smallest absolute Gasteiger partial charge is 0.372 e. The molecule has 20 heavy (non-hydrogen) atoms. The van der Waals surface area contributed by atoms with Crippen molar-refractivity contribution in [1.29, 1.82) is 0 Å². The number of methoxy groups -OCH3 is 1. The van der Waals surface area contributed by atoms with Gasteiger partial charge in [0.15, 0.2) is 4.90 Å². The van der Waals surface area contributed by atoms with Crippen LogP contribution in [0.15, 0.2) is 17.0 Å². The van der Waals surface area contributed by atoms with Crippen molar-refractivity contribution in [3.8, 4) is 0 Å². The summed E-state index contributed by atoms with van der Waals surface area (Å²) in [6.07, 6.45) is 0. The molecule has 1 aromatic rings. The Bertz CT molecular complexity index is 581. The Morgan fingerprint density at radius 1 is 1.05 bits per heavy atom. The van der Waals surface area contributed by atoms with Crippen LogP contribution in [0.1, 0.15) is 0 Å². The van der Waals surface area contributed by atoms with Crippen LogP contribution in [0.5, 0.6) is 0 Å². The molecule has 0 bridgehead atoms. The highest BCUT2D eigenvalue weighted by Crippen LogP contribution is 2.41. The summed E-state index contributed by atoms with van der Waals surface area (Å²) in [6.45, 7) is 0. The number of non-ortho nitro benzene ring substituents is 1. The molecule has 0 aliphatic carbocycles. The second-order valence-electron chi connectivity index (χ2n) is 3.14. The summed E-state index contributed by atoms with van der Waals surface area (Å²) in [5, 5.41) is 31.3. The summed E-state index contributed by atoms with van der Waals surface area (Å²) in [5.74, 6) is 0. The fraction of sp³-hybridized carbons (Fsp3) is 0.125. The SMILES string of the molecule is COC(=O)Sc1c([N+](=O)[O-])cc([N+](=O)[O-])cc1[N+](=O)[O-]. The number of thioether (sulfide) groups is 1. The van der Waals surface area contributed by atoms with Gasteiger partial charge in [0.25, 0.3) is 17.1 Å². The van der Waals surface area contributed by atoms with Crippen molar-refractivity contribution >= 4 is 34.1 Å². The molecule has 0 fully saturated rings. The summed E-state index contributed by atoms with van der Waals surface area (Å²) in [5.41, 5.74) is -2.65. The quantitative estimate of drug-likeness (QED) is 0.352. The maximum absolute atomic E-state index is 11.1. The van der Waals surface area contributed by atoms with E-state index < -0.39 is 42.0 Å². The van der Waals surface area contributed by atoms with Gasteiger partial charge in [-0.2, -0.15) is 0 Å². The Balaban J connectivity index is 3.59. The van der Waals surface area contributed by atoms with E-state index in [4.69, 9.17) is 0 Å². The van der Waals surface area contributed by atoms with E-state index in [0.29, 0.717) is 12.1 Å². The second-order valence-corrected chi connectivity index (χ2v) is 4.09. The molecule has 0 saturated heterocycles. The van der Waals surface area contributed by atoms with E-state index in [0.717, 1.165) is 7.11 Å². The molecule has 1 aromatic carbocycles. The number of nitro groups is 3. The number of ether oxygens (including phenoxy) is 1. The lowest BCUT2D eigenvalue weighted by molar-refractivity contribution is -0.407. The first-order valence-corrected chi connectivity index (χ1v) is 5.46.